The van der Waals surface area contributed by atoms with E-state index in [0.717, 1.165) is 38.5 Å². The fraction of sp³-hybridized carbons (Fsp3) is 0.385. The Morgan fingerprint density at radius 3 is 0.359 bits per heavy atom. The largest absolute Gasteiger partial charge is 0.0795 e. The molecular formula is C78H120. The van der Waals surface area contributed by atoms with Crippen LogP contribution in [0.4, 0.5) is 0 Å². The standard InChI is InChI=1S/6C9H8.12C2H6/c6*1-2-5-9-7-3-6-8(9)4-1;12*1-2/h6*1-6H,7H2;12*1-2H3. The normalized spacial score (nSPS) is 10.5. The molecule has 0 unspecified atom stereocenters. The van der Waals surface area contributed by atoms with E-state index in [1.807, 2.05) is 166 Å². The van der Waals surface area contributed by atoms with Crippen LogP contribution in [0.3, 0.4) is 0 Å². The molecular weight excluding hydrogens is 937 g/mol. The van der Waals surface area contributed by atoms with E-state index in [9.17, 15) is 0 Å². The molecule has 0 atom stereocenters. The molecule has 6 aliphatic rings. The van der Waals surface area contributed by atoms with Crippen molar-refractivity contribution in [1.82, 2.24) is 0 Å². The van der Waals surface area contributed by atoms with E-state index in [2.05, 4.69) is 219 Å². The molecule has 12 rings (SSSR count). The van der Waals surface area contributed by atoms with Gasteiger partial charge in [0.15, 0.2) is 0 Å². The first-order chi connectivity index (χ1) is 38.8. The molecule has 78 heavy (non-hydrogen) atoms. The Balaban J connectivity index is -0.000000185. The number of hydrogen-bond acceptors (Lipinski definition) is 0. The van der Waals surface area contributed by atoms with Gasteiger partial charge in [0.05, 0.1) is 0 Å². The number of fused-ring (bicyclic) bond motifs is 6. The van der Waals surface area contributed by atoms with E-state index in [-0.39, 0.29) is 0 Å². The molecule has 0 spiro atoms. The van der Waals surface area contributed by atoms with Gasteiger partial charge in [-0.15, -0.1) is 0 Å². The van der Waals surface area contributed by atoms with Gasteiger partial charge in [-0.05, 0) is 105 Å². The average molecular weight is 1060 g/mol. The topological polar surface area (TPSA) is 0 Å². The predicted molar refractivity (Wildman–Crippen MR) is 371 cm³/mol. The van der Waals surface area contributed by atoms with Crippen molar-refractivity contribution in [2.75, 3.05) is 0 Å². The van der Waals surface area contributed by atoms with Crippen LogP contribution in [0.25, 0.3) is 36.5 Å². The summed E-state index contributed by atoms with van der Waals surface area (Å²) in [4.78, 5) is 0. The van der Waals surface area contributed by atoms with Gasteiger partial charge >= 0.3 is 0 Å². The molecule has 6 aliphatic carbocycles. The molecule has 0 radical (unpaired) electrons. The lowest BCUT2D eigenvalue weighted by atomic mass is 10.1. The van der Waals surface area contributed by atoms with Crippen LogP contribution in [-0.4, -0.2) is 0 Å². The maximum absolute atomic E-state index is 2.20. The highest BCUT2D eigenvalue weighted by Gasteiger charge is 2.04. The van der Waals surface area contributed by atoms with Gasteiger partial charge in [0, 0.05) is 0 Å². The van der Waals surface area contributed by atoms with Crippen molar-refractivity contribution in [1.29, 1.82) is 0 Å². The summed E-state index contributed by atoms with van der Waals surface area (Å²) >= 11 is 0. The first kappa shape index (κ1) is 83.1. The average Bonchev–Trinajstić information content (AvgIpc) is 4.45. The molecule has 0 amide bonds. The molecule has 0 saturated carbocycles. The van der Waals surface area contributed by atoms with Crippen LogP contribution in [0, 0.1) is 0 Å². The minimum atomic E-state index is 1.12. The highest BCUT2D eigenvalue weighted by atomic mass is 14.1. The Hall–Kier alpha value is -6.24. The molecule has 0 heterocycles. The van der Waals surface area contributed by atoms with E-state index in [1.54, 1.807) is 0 Å². The molecule has 6 aromatic rings. The summed E-state index contributed by atoms with van der Waals surface area (Å²) in [7, 11) is 0. The maximum Gasteiger partial charge on any atom is -0.00882 e. The molecule has 0 aliphatic heterocycles. The second-order valence-electron chi connectivity index (χ2n) is 13.8. The minimum absolute atomic E-state index is 1.12. The quantitative estimate of drug-likeness (QED) is 0.142. The van der Waals surface area contributed by atoms with Crippen LogP contribution in [0.1, 0.15) is 233 Å². The fourth-order valence-corrected chi connectivity index (χ4v) is 7.17. The van der Waals surface area contributed by atoms with E-state index < -0.39 is 0 Å². The van der Waals surface area contributed by atoms with Crippen LogP contribution in [0.2, 0.25) is 0 Å². The zero-order valence-electron chi connectivity index (χ0n) is 55.0. The molecule has 0 fully saturated rings. The number of allylic oxidation sites excluding steroid dienone is 6. The summed E-state index contributed by atoms with van der Waals surface area (Å²) in [6.45, 7) is 48.0. The zero-order chi connectivity index (χ0) is 60.6. The van der Waals surface area contributed by atoms with Gasteiger partial charge in [-0.1, -0.05) is 385 Å². The second kappa shape index (κ2) is 66.9. The molecule has 432 valence electrons. The molecule has 0 nitrogen and oxygen atoms in total. The second-order valence-corrected chi connectivity index (χ2v) is 13.8. The lowest BCUT2D eigenvalue weighted by Crippen LogP contribution is -1.76. The van der Waals surface area contributed by atoms with Gasteiger partial charge in [-0.2, -0.15) is 0 Å². The predicted octanol–water partition coefficient (Wildman–Crippen LogP) is 25.8. The van der Waals surface area contributed by atoms with Gasteiger partial charge in [0.1, 0.15) is 0 Å². The smallest absolute Gasteiger partial charge is 0.00882 e. The third-order valence-electron chi connectivity index (χ3n) is 10.1. The Bertz CT molecular complexity index is 1910. The van der Waals surface area contributed by atoms with Crippen molar-refractivity contribution in [3.63, 3.8) is 0 Å². The van der Waals surface area contributed by atoms with Gasteiger partial charge in [0.2, 0.25) is 0 Å². The highest BCUT2D eigenvalue weighted by molar-refractivity contribution is 5.62. The van der Waals surface area contributed by atoms with E-state index in [1.165, 1.54) is 66.8 Å². The van der Waals surface area contributed by atoms with Crippen molar-refractivity contribution in [2.45, 2.75) is 205 Å². The van der Waals surface area contributed by atoms with Crippen LogP contribution in [0.5, 0.6) is 0 Å². The van der Waals surface area contributed by atoms with Crippen molar-refractivity contribution in [2.24, 2.45) is 0 Å². The van der Waals surface area contributed by atoms with Crippen LogP contribution in [0.15, 0.2) is 182 Å². The van der Waals surface area contributed by atoms with E-state index >= 15 is 0 Å². The SMILES string of the molecule is C1=Cc2ccccc2C1.C1=Cc2ccccc2C1.C1=Cc2ccccc2C1.C1=Cc2ccccc2C1.C1=Cc2ccccc2C1.C1=Cc2ccccc2C1.CC.CC.CC.CC.CC.CC.CC.CC.CC.CC.CC.CC. The monoisotopic (exact) mass is 1060 g/mol. The van der Waals surface area contributed by atoms with Crippen LogP contribution in [-0.2, 0) is 38.5 Å². The van der Waals surface area contributed by atoms with Gasteiger partial charge in [-0.25, -0.2) is 0 Å². The molecule has 0 heteroatoms. The lowest BCUT2D eigenvalue weighted by Gasteiger charge is -1.93. The number of benzene rings is 6. The van der Waals surface area contributed by atoms with Gasteiger partial charge in [-0.3, -0.25) is 0 Å². The minimum Gasteiger partial charge on any atom is -0.0795 e. The van der Waals surface area contributed by atoms with E-state index in [0.29, 0.717) is 0 Å². The summed E-state index contributed by atoms with van der Waals surface area (Å²) in [6.07, 6.45) is 33.0. The van der Waals surface area contributed by atoms with Gasteiger partial charge in [0.25, 0.3) is 0 Å². The van der Waals surface area contributed by atoms with Crippen molar-refractivity contribution in [3.8, 4) is 0 Å². The lowest BCUT2D eigenvalue weighted by molar-refractivity contribution is 1.31. The number of rotatable bonds is 0. The van der Waals surface area contributed by atoms with E-state index in [4.69, 9.17) is 0 Å². The highest BCUT2D eigenvalue weighted by Crippen LogP contribution is 2.21. The summed E-state index contributed by atoms with van der Waals surface area (Å²) in [5.74, 6) is 0. The molecule has 0 N–H and O–H groups in total. The maximum atomic E-state index is 2.20. The fourth-order valence-electron chi connectivity index (χ4n) is 7.17. The van der Waals surface area contributed by atoms with Crippen LogP contribution < -0.4 is 0 Å². The van der Waals surface area contributed by atoms with Crippen LogP contribution >= 0.6 is 0 Å². The summed E-state index contributed by atoms with van der Waals surface area (Å²) in [5, 5.41) is 0. The van der Waals surface area contributed by atoms with Crippen molar-refractivity contribution in [3.05, 3.63) is 249 Å². The van der Waals surface area contributed by atoms with Gasteiger partial charge < -0.3 is 0 Å². The first-order valence-electron chi connectivity index (χ1n) is 31.3. The number of hydrogen-bond donors (Lipinski definition) is 0. The van der Waals surface area contributed by atoms with Crippen molar-refractivity contribution >= 4 is 36.5 Å². The Morgan fingerprint density at radius 2 is 0.256 bits per heavy atom. The molecule has 0 aromatic heterocycles. The summed E-state index contributed by atoms with van der Waals surface area (Å²) < 4.78 is 0. The first-order valence-corrected chi connectivity index (χ1v) is 31.3. The summed E-state index contributed by atoms with van der Waals surface area (Å²) in [5.41, 5.74) is 17.1. The molecule has 6 aromatic carbocycles. The Morgan fingerprint density at radius 1 is 0.154 bits per heavy atom. The molecule has 0 bridgehead atoms. The summed E-state index contributed by atoms with van der Waals surface area (Å²) in [6, 6.07) is 51.0. The zero-order valence-corrected chi connectivity index (χ0v) is 55.0. The third-order valence-corrected chi connectivity index (χ3v) is 10.1. The Kier molecular flexibility index (Phi) is 71.2. The molecule has 0 saturated heterocycles. The van der Waals surface area contributed by atoms with Crippen molar-refractivity contribution < 1.29 is 0 Å². The third kappa shape index (κ3) is 36.0. The Labute approximate surface area is 487 Å².